The van der Waals surface area contributed by atoms with Crippen molar-refractivity contribution in [1.82, 2.24) is 10.2 Å². The van der Waals surface area contributed by atoms with Crippen molar-refractivity contribution < 1.29 is 18.0 Å². The van der Waals surface area contributed by atoms with Gasteiger partial charge in [-0.3, -0.25) is 13.9 Å². The van der Waals surface area contributed by atoms with E-state index in [4.69, 9.17) is 23.2 Å². The Balaban J connectivity index is 1.84. The number of carbonyl (C=O) groups is 2. The Kier molecular flexibility index (Phi) is 11.9. The Morgan fingerprint density at radius 1 is 0.804 bits per heavy atom. The zero-order valence-corrected chi connectivity index (χ0v) is 28.7. The molecule has 4 rings (SSSR count). The van der Waals surface area contributed by atoms with E-state index in [0.717, 1.165) is 21.0 Å². The number of nitrogens with one attached hydrogen (secondary N) is 1. The fraction of sp³-hybridized carbons (Fsp3) is 0.278. The second-order valence-electron chi connectivity index (χ2n) is 11.5. The van der Waals surface area contributed by atoms with Crippen LogP contribution in [0.15, 0.2) is 102 Å². The summed E-state index contributed by atoms with van der Waals surface area (Å²) in [5, 5.41) is 3.70. The van der Waals surface area contributed by atoms with Crippen molar-refractivity contribution in [2.24, 2.45) is 0 Å². The van der Waals surface area contributed by atoms with E-state index in [0.29, 0.717) is 27.7 Å². The molecule has 0 bridgehead atoms. The number of nitrogens with zero attached hydrogens (tertiary/aromatic N) is 2. The summed E-state index contributed by atoms with van der Waals surface area (Å²) in [6.45, 7) is 7.06. The van der Waals surface area contributed by atoms with Crippen molar-refractivity contribution in [1.29, 1.82) is 0 Å². The maximum Gasteiger partial charge on any atom is 0.264 e. The van der Waals surface area contributed by atoms with Crippen molar-refractivity contribution in [2.75, 3.05) is 10.8 Å². The van der Waals surface area contributed by atoms with Crippen LogP contribution >= 0.6 is 23.2 Å². The molecular formula is C36H39Cl2N3O4S. The Morgan fingerprint density at radius 3 is 2.00 bits per heavy atom. The van der Waals surface area contributed by atoms with Crippen LogP contribution in [0.4, 0.5) is 5.69 Å². The van der Waals surface area contributed by atoms with Crippen molar-refractivity contribution in [3.63, 3.8) is 0 Å². The molecule has 0 aliphatic carbocycles. The number of amides is 2. The van der Waals surface area contributed by atoms with Gasteiger partial charge in [-0.05, 0) is 85.8 Å². The highest BCUT2D eigenvalue weighted by atomic mass is 35.5. The van der Waals surface area contributed by atoms with E-state index < -0.39 is 28.5 Å². The summed E-state index contributed by atoms with van der Waals surface area (Å²) in [6, 6.07) is 26.8. The first kappa shape index (κ1) is 35.0. The Labute approximate surface area is 282 Å². The summed E-state index contributed by atoms with van der Waals surface area (Å²) in [5.74, 6) is -0.888. The maximum atomic E-state index is 14.6. The van der Waals surface area contributed by atoms with E-state index >= 15 is 0 Å². The minimum Gasteiger partial charge on any atom is -0.352 e. The molecule has 2 amide bonds. The Hall–Kier alpha value is -3.85. The fourth-order valence-corrected chi connectivity index (χ4v) is 6.91. The highest BCUT2D eigenvalue weighted by molar-refractivity contribution is 7.92. The standard InChI is InChI=1S/C36H39Cl2N3O4S/c1-5-27(4)39-36(43)34(22-28-12-8-6-9-13-28)40(23-29-16-17-32(37)33(38)21-29)35(42)24-41(30-19-25(2)18-26(3)20-30)46(44,45)31-14-10-7-11-15-31/h6-21,27,34H,5,22-24H2,1-4H3,(H,39,43). The summed E-state index contributed by atoms with van der Waals surface area (Å²) in [7, 11) is -4.18. The van der Waals surface area contributed by atoms with Gasteiger partial charge in [0.15, 0.2) is 0 Å². The number of halogens is 2. The van der Waals surface area contributed by atoms with Crippen molar-refractivity contribution >= 4 is 50.7 Å². The average Bonchev–Trinajstić information content (AvgIpc) is 3.03. The number of carbonyl (C=O) groups excluding carboxylic acids is 2. The van der Waals surface area contributed by atoms with Crippen LogP contribution in [-0.2, 0) is 32.6 Å². The first-order valence-electron chi connectivity index (χ1n) is 15.1. The molecule has 2 atom stereocenters. The van der Waals surface area contributed by atoms with Crippen LogP contribution in [-0.4, -0.2) is 43.8 Å². The summed E-state index contributed by atoms with van der Waals surface area (Å²) in [5.41, 5.74) is 3.53. The largest absolute Gasteiger partial charge is 0.352 e. The molecule has 242 valence electrons. The third-order valence-corrected chi connectivity index (χ3v) is 10.2. The van der Waals surface area contributed by atoms with Crippen molar-refractivity contribution in [3.05, 3.63) is 129 Å². The lowest BCUT2D eigenvalue weighted by molar-refractivity contribution is -0.140. The zero-order valence-electron chi connectivity index (χ0n) is 26.4. The molecular weight excluding hydrogens is 641 g/mol. The van der Waals surface area contributed by atoms with Gasteiger partial charge in [-0.25, -0.2) is 8.42 Å². The van der Waals surface area contributed by atoms with E-state index in [1.165, 1.54) is 17.0 Å². The molecule has 46 heavy (non-hydrogen) atoms. The van der Waals surface area contributed by atoms with Crippen LogP contribution in [0.25, 0.3) is 0 Å². The number of benzene rings is 4. The molecule has 0 saturated carbocycles. The minimum atomic E-state index is -4.18. The van der Waals surface area contributed by atoms with Crippen LogP contribution in [0.1, 0.15) is 42.5 Å². The summed E-state index contributed by atoms with van der Waals surface area (Å²) in [4.78, 5) is 30.1. The van der Waals surface area contributed by atoms with Crippen LogP contribution in [0, 0.1) is 13.8 Å². The van der Waals surface area contributed by atoms with Crippen molar-refractivity contribution in [3.8, 4) is 0 Å². The zero-order chi connectivity index (χ0) is 33.4. The van der Waals surface area contributed by atoms with Crippen LogP contribution < -0.4 is 9.62 Å². The van der Waals surface area contributed by atoms with Gasteiger partial charge in [0.1, 0.15) is 12.6 Å². The molecule has 0 radical (unpaired) electrons. The van der Waals surface area contributed by atoms with Crippen LogP contribution in [0.3, 0.4) is 0 Å². The minimum absolute atomic E-state index is 0.00673. The van der Waals surface area contributed by atoms with Gasteiger partial charge in [0.2, 0.25) is 11.8 Å². The van der Waals surface area contributed by atoms with Gasteiger partial charge >= 0.3 is 0 Å². The first-order chi connectivity index (χ1) is 21.9. The molecule has 1 N–H and O–H groups in total. The smallest absolute Gasteiger partial charge is 0.264 e. The van der Waals surface area contributed by atoms with Gasteiger partial charge in [0.25, 0.3) is 10.0 Å². The molecule has 0 saturated heterocycles. The number of hydrogen-bond donors (Lipinski definition) is 1. The number of hydrogen-bond acceptors (Lipinski definition) is 4. The molecule has 4 aromatic carbocycles. The maximum absolute atomic E-state index is 14.6. The molecule has 2 unspecified atom stereocenters. The highest BCUT2D eigenvalue weighted by Crippen LogP contribution is 2.28. The van der Waals surface area contributed by atoms with E-state index in [2.05, 4.69) is 5.32 Å². The lowest BCUT2D eigenvalue weighted by Crippen LogP contribution is -2.54. The van der Waals surface area contributed by atoms with Gasteiger partial charge in [-0.2, -0.15) is 0 Å². The summed E-state index contributed by atoms with van der Waals surface area (Å²) >= 11 is 12.5. The van der Waals surface area contributed by atoms with Gasteiger partial charge in [-0.15, -0.1) is 0 Å². The van der Waals surface area contributed by atoms with E-state index in [-0.39, 0.29) is 29.8 Å². The molecule has 0 aliphatic heterocycles. The topological polar surface area (TPSA) is 86.8 Å². The third-order valence-electron chi connectivity index (χ3n) is 7.71. The van der Waals surface area contributed by atoms with E-state index in [9.17, 15) is 18.0 Å². The fourth-order valence-electron chi connectivity index (χ4n) is 5.17. The number of aryl methyl sites for hydroxylation is 2. The number of rotatable bonds is 13. The second-order valence-corrected chi connectivity index (χ2v) is 14.1. The summed E-state index contributed by atoms with van der Waals surface area (Å²) in [6.07, 6.45) is 0.908. The number of sulfonamides is 1. The molecule has 0 fully saturated rings. The predicted octanol–water partition coefficient (Wildman–Crippen LogP) is 7.36. The molecule has 0 aliphatic rings. The molecule has 0 aromatic heterocycles. The highest BCUT2D eigenvalue weighted by Gasteiger charge is 2.35. The van der Waals surface area contributed by atoms with E-state index in [1.54, 1.807) is 48.5 Å². The van der Waals surface area contributed by atoms with Gasteiger partial charge in [-0.1, -0.05) is 90.8 Å². The van der Waals surface area contributed by atoms with E-state index in [1.807, 2.05) is 64.1 Å². The number of anilines is 1. The van der Waals surface area contributed by atoms with Crippen molar-refractivity contribution in [2.45, 2.75) is 64.1 Å². The molecule has 4 aromatic rings. The third kappa shape index (κ3) is 8.90. The average molecular weight is 681 g/mol. The van der Waals surface area contributed by atoms with Crippen LogP contribution in [0.2, 0.25) is 10.0 Å². The van der Waals surface area contributed by atoms with Gasteiger partial charge < -0.3 is 10.2 Å². The van der Waals surface area contributed by atoms with Gasteiger partial charge in [0.05, 0.1) is 20.6 Å². The van der Waals surface area contributed by atoms with Crippen LogP contribution in [0.5, 0.6) is 0 Å². The summed E-state index contributed by atoms with van der Waals surface area (Å²) < 4.78 is 29.5. The lowest BCUT2D eigenvalue weighted by Gasteiger charge is -2.34. The first-order valence-corrected chi connectivity index (χ1v) is 17.3. The quantitative estimate of drug-likeness (QED) is 0.160. The molecule has 7 nitrogen and oxygen atoms in total. The SMILES string of the molecule is CCC(C)NC(=O)C(Cc1ccccc1)N(Cc1ccc(Cl)c(Cl)c1)C(=O)CN(c1cc(C)cc(C)c1)S(=O)(=O)c1ccccc1. The van der Waals surface area contributed by atoms with Gasteiger partial charge in [0, 0.05) is 19.0 Å². The Morgan fingerprint density at radius 2 is 1.41 bits per heavy atom. The molecule has 10 heteroatoms. The molecule has 0 heterocycles. The predicted molar refractivity (Wildman–Crippen MR) is 186 cm³/mol. The monoisotopic (exact) mass is 679 g/mol. The lowest BCUT2D eigenvalue weighted by atomic mass is 10.0. The Bertz CT molecular complexity index is 1750. The second kappa shape index (κ2) is 15.6. The molecule has 0 spiro atoms. The normalized spacial score (nSPS) is 12.7.